The number of nitrogens with zero attached hydrogens (tertiary/aromatic N) is 1. The van der Waals surface area contributed by atoms with E-state index in [4.69, 9.17) is 9.47 Å². The Hall–Kier alpha value is -1.36. The molecule has 0 unspecified atom stereocenters. The standard InChI is InChI=1S/C13H19NO3S/c1-9-7-11(16-3)12(17-4)8-10(9)14(2)13(15)5-6-18/h7-8,18H,5-6H2,1-4H3. The zero-order chi connectivity index (χ0) is 13.7. The molecule has 4 nitrogen and oxygen atoms in total. The SMILES string of the molecule is COc1cc(C)c(N(C)C(=O)CCS)cc1OC. The van der Waals surface area contributed by atoms with E-state index in [0.29, 0.717) is 23.7 Å². The number of amides is 1. The number of benzene rings is 1. The lowest BCUT2D eigenvalue weighted by Crippen LogP contribution is -2.27. The molecule has 0 aliphatic rings. The first-order valence-corrected chi connectivity index (χ1v) is 6.28. The van der Waals surface area contributed by atoms with Gasteiger partial charge in [0.1, 0.15) is 0 Å². The Kier molecular flexibility index (Phi) is 5.34. The van der Waals surface area contributed by atoms with Crippen LogP contribution in [-0.2, 0) is 4.79 Å². The lowest BCUT2D eigenvalue weighted by molar-refractivity contribution is -0.117. The van der Waals surface area contributed by atoms with Gasteiger partial charge in [0.25, 0.3) is 0 Å². The highest BCUT2D eigenvalue weighted by Gasteiger charge is 2.15. The first-order valence-electron chi connectivity index (χ1n) is 5.65. The molecule has 1 aromatic rings. The maximum absolute atomic E-state index is 11.9. The number of carbonyl (C=O) groups excluding carboxylic acids is 1. The van der Waals surface area contributed by atoms with Gasteiger partial charge in [-0.2, -0.15) is 12.6 Å². The Labute approximate surface area is 113 Å². The minimum atomic E-state index is 0.0281. The lowest BCUT2D eigenvalue weighted by Gasteiger charge is -2.21. The predicted octanol–water partition coefficient (Wildman–Crippen LogP) is 2.29. The zero-order valence-electron chi connectivity index (χ0n) is 11.2. The summed E-state index contributed by atoms with van der Waals surface area (Å²) in [5, 5.41) is 0. The van der Waals surface area contributed by atoms with E-state index in [-0.39, 0.29) is 5.91 Å². The molecule has 0 atom stereocenters. The van der Waals surface area contributed by atoms with Gasteiger partial charge in [0.2, 0.25) is 5.91 Å². The number of methoxy groups -OCH3 is 2. The van der Waals surface area contributed by atoms with Gasteiger partial charge in [-0.1, -0.05) is 0 Å². The number of thiol groups is 1. The fourth-order valence-electron chi connectivity index (χ4n) is 1.73. The van der Waals surface area contributed by atoms with Crippen LogP contribution >= 0.6 is 12.6 Å². The summed E-state index contributed by atoms with van der Waals surface area (Å²) >= 11 is 4.07. The number of carbonyl (C=O) groups is 1. The normalized spacial score (nSPS) is 10.1. The molecule has 1 amide bonds. The molecule has 0 bridgehead atoms. The largest absolute Gasteiger partial charge is 0.493 e. The molecule has 1 aromatic carbocycles. The smallest absolute Gasteiger partial charge is 0.227 e. The van der Waals surface area contributed by atoms with Crippen molar-refractivity contribution in [3.05, 3.63) is 17.7 Å². The van der Waals surface area contributed by atoms with Crippen molar-refractivity contribution in [1.82, 2.24) is 0 Å². The average molecular weight is 269 g/mol. The summed E-state index contributed by atoms with van der Waals surface area (Å²) in [6.45, 7) is 1.93. The summed E-state index contributed by atoms with van der Waals surface area (Å²) in [5.74, 6) is 1.84. The highest BCUT2D eigenvalue weighted by Crippen LogP contribution is 2.34. The summed E-state index contributed by atoms with van der Waals surface area (Å²) in [5.41, 5.74) is 1.78. The van der Waals surface area contributed by atoms with Gasteiger partial charge in [0.05, 0.1) is 19.9 Å². The topological polar surface area (TPSA) is 38.8 Å². The maximum atomic E-state index is 11.9. The van der Waals surface area contributed by atoms with E-state index in [1.165, 1.54) is 0 Å². The molecule has 100 valence electrons. The van der Waals surface area contributed by atoms with Gasteiger partial charge in [-0.25, -0.2) is 0 Å². The fraction of sp³-hybridized carbons (Fsp3) is 0.462. The van der Waals surface area contributed by atoms with E-state index in [1.54, 1.807) is 26.2 Å². The van der Waals surface area contributed by atoms with Crippen LogP contribution in [0.25, 0.3) is 0 Å². The van der Waals surface area contributed by atoms with Crippen molar-refractivity contribution in [2.24, 2.45) is 0 Å². The molecule has 0 N–H and O–H groups in total. The van der Waals surface area contributed by atoms with Crippen LogP contribution in [0.3, 0.4) is 0 Å². The molecule has 0 fully saturated rings. The summed E-state index contributed by atoms with van der Waals surface area (Å²) in [4.78, 5) is 13.5. The van der Waals surface area contributed by atoms with E-state index in [9.17, 15) is 4.79 Å². The molecule has 5 heteroatoms. The predicted molar refractivity (Wildman–Crippen MR) is 76.2 cm³/mol. The summed E-state index contributed by atoms with van der Waals surface area (Å²) in [7, 11) is 4.92. The molecule has 0 aliphatic heterocycles. The van der Waals surface area contributed by atoms with E-state index < -0.39 is 0 Å². The number of hydrogen-bond donors (Lipinski definition) is 1. The second kappa shape index (κ2) is 6.54. The second-order valence-electron chi connectivity index (χ2n) is 3.92. The highest BCUT2D eigenvalue weighted by atomic mass is 32.1. The Bertz CT molecular complexity index is 434. The van der Waals surface area contributed by atoms with Crippen molar-refractivity contribution >= 4 is 24.2 Å². The Balaban J connectivity index is 3.12. The van der Waals surface area contributed by atoms with Crippen LogP contribution < -0.4 is 14.4 Å². The van der Waals surface area contributed by atoms with Crippen LogP contribution in [-0.4, -0.2) is 32.9 Å². The van der Waals surface area contributed by atoms with Gasteiger partial charge < -0.3 is 14.4 Å². The van der Waals surface area contributed by atoms with Gasteiger partial charge in [-0.15, -0.1) is 0 Å². The molecule has 0 saturated carbocycles. The van der Waals surface area contributed by atoms with Crippen LogP contribution in [0.2, 0.25) is 0 Å². The summed E-state index contributed by atoms with van der Waals surface area (Å²) in [6, 6.07) is 3.67. The minimum Gasteiger partial charge on any atom is -0.493 e. The number of rotatable bonds is 5. The molecule has 0 spiro atoms. The van der Waals surface area contributed by atoms with Crippen molar-refractivity contribution in [2.45, 2.75) is 13.3 Å². The molecule has 0 aliphatic carbocycles. The number of anilines is 1. The first-order chi connectivity index (χ1) is 8.54. The number of aryl methyl sites for hydroxylation is 1. The molecule has 0 saturated heterocycles. The molecule has 0 heterocycles. The molecule has 0 radical (unpaired) electrons. The van der Waals surface area contributed by atoms with Crippen molar-refractivity contribution in [2.75, 3.05) is 31.9 Å². The maximum Gasteiger partial charge on any atom is 0.227 e. The average Bonchev–Trinajstić information content (AvgIpc) is 2.37. The Morgan fingerprint density at radius 2 is 1.83 bits per heavy atom. The molecule has 0 aromatic heterocycles. The van der Waals surface area contributed by atoms with E-state index in [1.807, 2.05) is 19.1 Å². The van der Waals surface area contributed by atoms with Crippen LogP contribution in [0.5, 0.6) is 11.5 Å². The Morgan fingerprint density at radius 1 is 1.28 bits per heavy atom. The van der Waals surface area contributed by atoms with Crippen molar-refractivity contribution in [3.8, 4) is 11.5 Å². The Morgan fingerprint density at radius 3 is 2.33 bits per heavy atom. The summed E-state index contributed by atoms with van der Waals surface area (Å²) in [6.07, 6.45) is 0.410. The van der Waals surface area contributed by atoms with Crippen molar-refractivity contribution < 1.29 is 14.3 Å². The quantitative estimate of drug-likeness (QED) is 0.834. The highest BCUT2D eigenvalue weighted by molar-refractivity contribution is 7.80. The van der Waals surface area contributed by atoms with E-state index in [0.717, 1.165) is 11.3 Å². The summed E-state index contributed by atoms with van der Waals surface area (Å²) < 4.78 is 10.5. The van der Waals surface area contributed by atoms with Crippen molar-refractivity contribution in [1.29, 1.82) is 0 Å². The molecule has 18 heavy (non-hydrogen) atoms. The van der Waals surface area contributed by atoms with Gasteiger partial charge in [-0.05, 0) is 24.3 Å². The lowest BCUT2D eigenvalue weighted by atomic mass is 10.1. The second-order valence-corrected chi connectivity index (χ2v) is 4.37. The molecule has 1 rings (SSSR count). The van der Waals surface area contributed by atoms with Gasteiger partial charge in [0, 0.05) is 19.5 Å². The van der Waals surface area contributed by atoms with Gasteiger partial charge in [0.15, 0.2) is 11.5 Å². The van der Waals surface area contributed by atoms with Gasteiger partial charge >= 0.3 is 0 Å². The molecular weight excluding hydrogens is 250 g/mol. The monoisotopic (exact) mass is 269 g/mol. The first kappa shape index (κ1) is 14.7. The third kappa shape index (κ3) is 3.10. The van der Waals surface area contributed by atoms with Gasteiger partial charge in [-0.3, -0.25) is 4.79 Å². The number of ether oxygens (including phenoxy) is 2. The van der Waals surface area contributed by atoms with Crippen LogP contribution in [0.15, 0.2) is 12.1 Å². The molecular formula is C13H19NO3S. The fourth-order valence-corrected chi connectivity index (χ4v) is 1.92. The van der Waals surface area contributed by atoms with Crippen molar-refractivity contribution in [3.63, 3.8) is 0 Å². The van der Waals surface area contributed by atoms with Crippen LogP contribution in [0.4, 0.5) is 5.69 Å². The number of hydrogen-bond acceptors (Lipinski definition) is 4. The minimum absolute atomic E-state index is 0.0281. The third-order valence-electron chi connectivity index (χ3n) is 2.76. The van der Waals surface area contributed by atoms with Crippen LogP contribution in [0, 0.1) is 6.92 Å². The zero-order valence-corrected chi connectivity index (χ0v) is 12.1. The van der Waals surface area contributed by atoms with E-state index >= 15 is 0 Å². The third-order valence-corrected chi connectivity index (χ3v) is 2.99. The van der Waals surface area contributed by atoms with Crippen LogP contribution in [0.1, 0.15) is 12.0 Å². The van der Waals surface area contributed by atoms with E-state index in [2.05, 4.69) is 12.6 Å².